The largest absolute Gasteiger partial charge is 0.497 e. The van der Waals surface area contributed by atoms with Crippen LogP contribution in [-0.2, 0) is 0 Å². The molecule has 1 aromatic carbocycles. The first kappa shape index (κ1) is 12.7. The van der Waals surface area contributed by atoms with E-state index in [9.17, 15) is 0 Å². The summed E-state index contributed by atoms with van der Waals surface area (Å²) in [5, 5.41) is 5.12. The lowest BCUT2D eigenvalue weighted by Gasteiger charge is -2.08. The van der Waals surface area contributed by atoms with Gasteiger partial charge in [-0.3, -0.25) is 0 Å². The van der Waals surface area contributed by atoms with Crippen molar-refractivity contribution < 1.29 is 9.47 Å². The van der Waals surface area contributed by atoms with Gasteiger partial charge in [0.15, 0.2) is 0 Å². The molecular formula is C13H16N2O2S. The number of aromatic nitrogens is 1. The number of hydrogen-bond acceptors (Lipinski definition) is 5. The number of thiazole rings is 1. The molecule has 2 aromatic rings. The van der Waals surface area contributed by atoms with Crippen molar-refractivity contribution in [3.63, 3.8) is 0 Å². The first-order valence-corrected chi connectivity index (χ1v) is 6.38. The molecule has 5 heteroatoms. The van der Waals surface area contributed by atoms with Gasteiger partial charge in [0.05, 0.1) is 25.5 Å². The average molecular weight is 264 g/mol. The fourth-order valence-corrected chi connectivity index (χ4v) is 2.67. The number of methoxy groups -OCH3 is 2. The summed E-state index contributed by atoms with van der Waals surface area (Å²) in [6.07, 6.45) is 0. The summed E-state index contributed by atoms with van der Waals surface area (Å²) in [7, 11) is 5.20. The van der Waals surface area contributed by atoms with Crippen LogP contribution in [0.5, 0.6) is 11.5 Å². The fraction of sp³-hybridized carbons (Fsp3) is 0.308. The normalized spacial score (nSPS) is 10.2. The number of rotatable bonds is 4. The van der Waals surface area contributed by atoms with E-state index < -0.39 is 0 Å². The summed E-state index contributed by atoms with van der Waals surface area (Å²) < 4.78 is 10.6. The van der Waals surface area contributed by atoms with Crippen LogP contribution in [0.15, 0.2) is 18.2 Å². The predicted octanol–water partition coefficient (Wildman–Crippen LogP) is 3.18. The molecule has 0 radical (unpaired) electrons. The van der Waals surface area contributed by atoms with Crippen molar-refractivity contribution in [2.45, 2.75) is 6.92 Å². The Kier molecular flexibility index (Phi) is 3.72. The van der Waals surface area contributed by atoms with E-state index in [0.29, 0.717) is 0 Å². The van der Waals surface area contributed by atoms with Gasteiger partial charge < -0.3 is 14.8 Å². The molecule has 2 rings (SSSR count). The van der Waals surface area contributed by atoms with Crippen LogP contribution in [0.1, 0.15) is 5.69 Å². The Morgan fingerprint density at radius 1 is 1.22 bits per heavy atom. The molecule has 0 saturated carbocycles. The standard InChI is InChI=1S/C13H16N2O2S/c1-8-12(14-2)18-13(15-8)10-7-9(16-3)5-6-11(10)17-4/h5-7,14H,1-4H3. The van der Waals surface area contributed by atoms with E-state index in [0.717, 1.165) is 32.8 Å². The second-order valence-electron chi connectivity index (χ2n) is 3.75. The molecule has 1 heterocycles. The molecular weight excluding hydrogens is 248 g/mol. The lowest BCUT2D eigenvalue weighted by atomic mass is 10.2. The number of anilines is 1. The highest BCUT2D eigenvalue weighted by atomic mass is 32.1. The quantitative estimate of drug-likeness (QED) is 0.921. The summed E-state index contributed by atoms with van der Waals surface area (Å²) in [6, 6.07) is 5.71. The Bertz CT molecular complexity index is 552. The zero-order chi connectivity index (χ0) is 13.1. The molecule has 0 spiro atoms. The van der Waals surface area contributed by atoms with Crippen molar-refractivity contribution in [1.29, 1.82) is 0 Å². The average Bonchev–Trinajstić information content (AvgIpc) is 2.79. The van der Waals surface area contributed by atoms with Crippen molar-refractivity contribution in [1.82, 2.24) is 4.98 Å². The minimum atomic E-state index is 0.796. The lowest BCUT2D eigenvalue weighted by Crippen LogP contribution is -1.90. The third-order valence-electron chi connectivity index (χ3n) is 2.66. The molecule has 1 aromatic heterocycles. The van der Waals surface area contributed by atoms with Crippen molar-refractivity contribution in [3.05, 3.63) is 23.9 Å². The van der Waals surface area contributed by atoms with Crippen molar-refractivity contribution in [2.24, 2.45) is 0 Å². The van der Waals surface area contributed by atoms with E-state index in [4.69, 9.17) is 9.47 Å². The summed E-state index contributed by atoms with van der Waals surface area (Å²) >= 11 is 1.60. The molecule has 0 bridgehead atoms. The van der Waals surface area contributed by atoms with Crippen LogP contribution in [0, 0.1) is 6.92 Å². The summed E-state index contributed by atoms with van der Waals surface area (Å²) in [4.78, 5) is 4.56. The molecule has 18 heavy (non-hydrogen) atoms. The minimum absolute atomic E-state index is 0.796. The Morgan fingerprint density at radius 2 is 2.00 bits per heavy atom. The fourth-order valence-electron chi connectivity index (χ4n) is 1.72. The zero-order valence-corrected chi connectivity index (χ0v) is 11.7. The Morgan fingerprint density at radius 3 is 2.56 bits per heavy atom. The number of ether oxygens (including phenoxy) is 2. The predicted molar refractivity (Wildman–Crippen MR) is 74.9 cm³/mol. The van der Waals surface area contributed by atoms with E-state index in [1.165, 1.54) is 0 Å². The van der Waals surface area contributed by atoms with Gasteiger partial charge in [-0.15, -0.1) is 0 Å². The van der Waals surface area contributed by atoms with Crippen molar-refractivity contribution >= 4 is 16.3 Å². The molecule has 1 N–H and O–H groups in total. The molecule has 0 fully saturated rings. The third-order valence-corrected chi connectivity index (χ3v) is 3.87. The summed E-state index contributed by atoms with van der Waals surface area (Å²) in [5.41, 5.74) is 1.94. The molecule has 0 unspecified atom stereocenters. The first-order valence-electron chi connectivity index (χ1n) is 5.57. The van der Waals surface area contributed by atoms with Gasteiger partial charge in [-0.1, -0.05) is 11.3 Å². The number of nitrogens with one attached hydrogen (secondary N) is 1. The zero-order valence-electron chi connectivity index (χ0n) is 10.9. The minimum Gasteiger partial charge on any atom is -0.497 e. The highest BCUT2D eigenvalue weighted by molar-refractivity contribution is 7.19. The van der Waals surface area contributed by atoms with Crippen LogP contribution >= 0.6 is 11.3 Å². The van der Waals surface area contributed by atoms with Gasteiger partial charge in [-0.05, 0) is 25.1 Å². The van der Waals surface area contributed by atoms with Crippen LogP contribution in [0.2, 0.25) is 0 Å². The second-order valence-corrected chi connectivity index (χ2v) is 4.75. The smallest absolute Gasteiger partial charge is 0.129 e. The number of benzene rings is 1. The Labute approximate surface area is 111 Å². The monoisotopic (exact) mass is 264 g/mol. The van der Waals surface area contributed by atoms with Crippen molar-refractivity contribution in [3.8, 4) is 22.1 Å². The van der Waals surface area contributed by atoms with Crippen molar-refractivity contribution in [2.75, 3.05) is 26.6 Å². The van der Waals surface area contributed by atoms with E-state index >= 15 is 0 Å². The van der Waals surface area contributed by atoms with Gasteiger partial charge in [0.2, 0.25) is 0 Å². The molecule has 0 amide bonds. The summed E-state index contributed by atoms with van der Waals surface area (Å²) in [6.45, 7) is 1.98. The first-order chi connectivity index (χ1) is 8.69. The molecule has 4 nitrogen and oxygen atoms in total. The Hall–Kier alpha value is -1.75. The van der Waals surface area contributed by atoms with E-state index in [-0.39, 0.29) is 0 Å². The maximum atomic E-state index is 5.37. The highest BCUT2D eigenvalue weighted by Crippen LogP contribution is 2.38. The SMILES string of the molecule is CNc1sc(-c2cc(OC)ccc2OC)nc1C. The van der Waals surface area contributed by atoms with Crippen LogP contribution in [0.3, 0.4) is 0 Å². The van der Waals surface area contributed by atoms with Crippen LogP contribution in [-0.4, -0.2) is 26.3 Å². The van der Waals surface area contributed by atoms with Gasteiger partial charge in [0.1, 0.15) is 21.5 Å². The maximum absolute atomic E-state index is 5.37. The number of nitrogens with zero attached hydrogens (tertiary/aromatic N) is 1. The van der Waals surface area contributed by atoms with Crippen LogP contribution in [0.25, 0.3) is 10.6 Å². The van der Waals surface area contributed by atoms with E-state index in [2.05, 4.69) is 10.3 Å². The van der Waals surface area contributed by atoms with Gasteiger partial charge >= 0.3 is 0 Å². The molecule has 0 saturated heterocycles. The van der Waals surface area contributed by atoms with Gasteiger partial charge in [-0.2, -0.15) is 0 Å². The molecule has 0 aliphatic carbocycles. The van der Waals surface area contributed by atoms with Gasteiger partial charge in [0.25, 0.3) is 0 Å². The molecule has 0 aliphatic rings. The number of aryl methyl sites for hydroxylation is 1. The second kappa shape index (κ2) is 5.27. The molecule has 0 atom stereocenters. The van der Waals surface area contributed by atoms with E-state index in [1.54, 1.807) is 25.6 Å². The third kappa shape index (κ3) is 2.26. The molecule has 96 valence electrons. The highest BCUT2D eigenvalue weighted by Gasteiger charge is 2.13. The van der Waals surface area contributed by atoms with Gasteiger partial charge in [-0.25, -0.2) is 4.98 Å². The van der Waals surface area contributed by atoms with Crippen LogP contribution in [0.4, 0.5) is 5.00 Å². The van der Waals surface area contributed by atoms with E-state index in [1.807, 2.05) is 32.2 Å². The van der Waals surface area contributed by atoms with Gasteiger partial charge in [0, 0.05) is 7.05 Å². The number of hydrogen-bond donors (Lipinski definition) is 1. The maximum Gasteiger partial charge on any atom is 0.129 e. The van der Waals surface area contributed by atoms with Crippen LogP contribution < -0.4 is 14.8 Å². The Balaban J connectivity index is 2.53. The topological polar surface area (TPSA) is 43.4 Å². The lowest BCUT2D eigenvalue weighted by molar-refractivity contribution is 0.404. The molecule has 0 aliphatic heterocycles. The summed E-state index contributed by atoms with van der Waals surface area (Å²) in [5.74, 6) is 1.59.